The molecule has 0 aliphatic carbocycles. The van der Waals surface area contributed by atoms with Crippen molar-refractivity contribution >= 4 is 17.7 Å². The maximum absolute atomic E-state index is 13.7. The van der Waals surface area contributed by atoms with E-state index in [9.17, 15) is 14.4 Å². The average molecular weight is 560 g/mol. The summed E-state index contributed by atoms with van der Waals surface area (Å²) in [5.74, 6) is 1.26. The molecule has 0 unspecified atom stereocenters. The van der Waals surface area contributed by atoms with Crippen LogP contribution >= 0.6 is 0 Å². The number of nitrogens with one attached hydrogen (secondary N) is 1. The standard InChI is InChI=1S/C32H41N5O4/c1-24(38)35-16-12-29(13-17-35)37-22-27-7-2-3-10-30(27)41-18-6-8-26-21-36(32(40)23-37)15-11-25(26)19-31(39)34-20-28-9-4-5-14-33-28/h2-10,14,25-26,29H,11-13,15-23H2,1H3,(H,34,39)/t25-,26-/m0/s1. The van der Waals surface area contributed by atoms with Crippen molar-refractivity contribution in [2.24, 2.45) is 11.8 Å². The normalized spacial score (nSPS) is 22.5. The number of piperidine rings is 2. The van der Waals surface area contributed by atoms with Crippen LogP contribution in [0, 0.1) is 11.8 Å². The van der Waals surface area contributed by atoms with Crippen molar-refractivity contribution in [3.05, 3.63) is 72.1 Å². The molecular weight excluding hydrogens is 518 g/mol. The lowest BCUT2D eigenvalue weighted by Crippen LogP contribution is -2.51. The van der Waals surface area contributed by atoms with Crippen molar-refractivity contribution in [2.75, 3.05) is 39.3 Å². The Hall–Kier alpha value is -3.72. The van der Waals surface area contributed by atoms with Crippen LogP contribution in [0.5, 0.6) is 5.75 Å². The summed E-state index contributed by atoms with van der Waals surface area (Å²) in [6.07, 6.45) is 8.76. The van der Waals surface area contributed by atoms with Crippen LogP contribution in [0.25, 0.3) is 0 Å². The molecule has 1 aromatic carbocycles. The quantitative estimate of drug-likeness (QED) is 0.566. The van der Waals surface area contributed by atoms with E-state index in [-0.39, 0.29) is 35.6 Å². The van der Waals surface area contributed by atoms with E-state index in [0.717, 1.165) is 36.3 Å². The first-order valence-corrected chi connectivity index (χ1v) is 14.8. The second-order valence-electron chi connectivity index (χ2n) is 11.3. The lowest BCUT2D eigenvalue weighted by atomic mass is 9.82. The Bertz CT molecular complexity index is 1230. The van der Waals surface area contributed by atoms with Crippen LogP contribution in [0.3, 0.4) is 0 Å². The van der Waals surface area contributed by atoms with Gasteiger partial charge in [-0.15, -0.1) is 0 Å². The third-order valence-electron chi connectivity index (χ3n) is 8.63. The summed E-state index contributed by atoms with van der Waals surface area (Å²) < 4.78 is 6.20. The highest BCUT2D eigenvalue weighted by Gasteiger charge is 2.34. The molecule has 3 aliphatic rings. The van der Waals surface area contributed by atoms with Gasteiger partial charge in [0.25, 0.3) is 0 Å². The summed E-state index contributed by atoms with van der Waals surface area (Å²) in [6.45, 7) is 6.06. The number of carbonyl (C=O) groups is 3. The van der Waals surface area contributed by atoms with Gasteiger partial charge in [0.05, 0.1) is 18.8 Å². The molecule has 9 heteroatoms. The Morgan fingerprint density at radius 3 is 2.61 bits per heavy atom. The lowest BCUT2D eigenvalue weighted by molar-refractivity contribution is -0.137. The Morgan fingerprint density at radius 1 is 1.02 bits per heavy atom. The molecule has 2 bridgehead atoms. The Balaban J connectivity index is 1.29. The molecule has 1 aromatic heterocycles. The Morgan fingerprint density at radius 2 is 1.83 bits per heavy atom. The van der Waals surface area contributed by atoms with E-state index < -0.39 is 0 Å². The summed E-state index contributed by atoms with van der Waals surface area (Å²) in [7, 11) is 0. The number of carbonyl (C=O) groups excluding carboxylic acids is 3. The third-order valence-corrected chi connectivity index (χ3v) is 8.63. The summed E-state index contributed by atoms with van der Waals surface area (Å²) in [5.41, 5.74) is 1.89. The van der Waals surface area contributed by atoms with E-state index in [1.54, 1.807) is 13.1 Å². The minimum absolute atomic E-state index is 0.00463. The summed E-state index contributed by atoms with van der Waals surface area (Å²) in [5, 5.41) is 3.01. The molecule has 2 saturated heterocycles. The second-order valence-corrected chi connectivity index (χ2v) is 11.3. The van der Waals surface area contributed by atoms with Crippen LogP contribution in [0.2, 0.25) is 0 Å². The van der Waals surface area contributed by atoms with Gasteiger partial charge in [0.1, 0.15) is 12.4 Å². The smallest absolute Gasteiger partial charge is 0.236 e. The van der Waals surface area contributed by atoms with Gasteiger partial charge >= 0.3 is 0 Å². The van der Waals surface area contributed by atoms with E-state index in [4.69, 9.17) is 4.74 Å². The zero-order valence-corrected chi connectivity index (χ0v) is 23.9. The monoisotopic (exact) mass is 559 g/mol. The number of hydrogen-bond acceptors (Lipinski definition) is 6. The highest BCUT2D eigenvalue weighted by atomic mass is 16.5. The van der Waals surface area contributed by atoms with Crippen LogP contribution in [-0.2, 0) is 27.5 Å². The Kier molecular flexibility index (Phi) is 9.67. The first kappa shape index (κ1) is 28.8. The fourth-order valence-corrected chi connectivity index (χ4v) is 6.23. The molecule has 3 amide bonds. The van der Waals surface area contributed by atoms with Gasteiger partial charge in [-0.3, -0.25) is 24.3 Å². The molecule has 3 aliphatic heterocycles. The van der Waals surface area contributed by atoms with E-state index in [1.807, 2.05) is 52.3 Å². The maximum atomic E-state index is 13.7. The molecule has 0 radical (unpaired) electrons. The molecule has 1 N–H and O–H groups in total. The number of benzene rings is 1. The van der Waals surface area contributed by atoms with Gasteiger partial charge < -0.3 is 19.9 Å². The number of aromatic nitrogens is 1. The van der Waals surface area contributed by atoms with Crippen molar-refractivity contribution in [3.63, 3.8) is 0 Å². The average Bonchev–Trinajstić information content (AvgIpc) is 3.00. The number of para-hydroxylation sites is 1. The van der Waals surface area contributed by atoms with Gasteiger partial charge in [-0.25, -0.2) is 0 Å². The first-order valence-electron chi connectivity index (χ1n) is 14.8. The highest BCUT2D eigenvalue weighted by Crippen LogP contribution is 2.30. The predicted molar refractivity (Wildman–Crippen MR) is 156 cm³/mol. The van der Waals surface area contributed by atoms with Crippen LogP contribution in [0.1, 0.15) is 43.9 Å². The van der Waals surface area contributed by atoms with Crippen LogP contribution in [-0.4, -0.2) is 82.8 Å². The first-order chi connectivity index (χ1) is 20.0. The topological polar surface area (TPSA) is 95.1 Å². The SMILES string of the molecule is CC(=O)N1CCC(N2CC(=O)N3CC[C@@H](CC(=O)NCc4ccccn4)[C@@H](C=CCOc4ccccc4C2)C3)CC1. The molecule has 4 heterocycles. The molecule has 2 atom stereocenters. The van der Waals surface area contributed by atoms with E-state index in [2.05, 4.69) is 27.3 Å². The largest absolute Gasteiger partial charge is 0.489 e. The van der Waals surface area contributed by atoms with Crippen molar-refractivity contribution < 1.29 is 19.1 Å². The van der Waals surface area contributed by atoms with Gasteiger partial charge in [-0.1, -0.05) is 36.4 Å². The van der Waals surface area contributed by atoms with Crippen molar-refractivity contribution in [1.29, 1.82) is 0 Å². The molecule has 5 rings (SSSR count). The van der Waals surface area contributed by atoms with Crippen molar-refractivity contribution in [1.82, 2.24) is 25.0 Å². The van der Waals surface area contributed by atoms with Gasteiger partial charge in [0.2, 0.25) is 17.7 Å². The molecule has 2 fully saturated rings. The number of hydrogen-bond donors (Lipinski definition) is 1. The third kappa shape index (κ3) is 7.73. The Labute approximate surface area is 242 Å². The number of fused-ring (bicyclic) bond motifs is 3. The summed E-state index contributed by atoms with van der Waals surface area (Å²) in [4.78, 5) is 48.9. The van der Waals surface area contributed by atoms with Gasteiger partial charge in [-0.05, 0) is 49.3 Å². The number of ether oxygens (including phenoxy) is 1. The number of likely N-dealkylation sites (tertiary alicyclic amines) is 1. The zero-order chi connectivity index (χ0) is 28.6. The molecule has 0 spiro atoms. The zero-order valence-electron chi connectivity index (χ0n) is 23.9. The molecule has 2 aromatic rings. The number of amides is 3. The molecule has 41 heavy (non-hydrogen) atoms. The van der Waals surface area contributed by atoms with Crippen LogP contribution < -0.4 is 10.1 Å². The number of nitrogens with zero attached hydrogens (tertiary/aromatic N) is 4. The van der Waals surface area contributed by atoms with Crippen molar-refractivity contribution in [2.45, 2.75) is 51.7 Å². The molecule has 9 nitrogen and oxygen atoms in total. The van der Waals surface area contributed by atoms with Crippen molar-refractivity contribution in [3.8, 4) is 5.75 Å². The van der Waals surface area contributed by atoms with Crippen LogP contribution in [0.15, 0.2) is 60.8 Å². The highest BCUT2D eigenvalue weighted by molar-refractivity contribution is 5.79. The number of rotatable bonds is 5. The summed E-state index contributed by atoms with van der Waals surface area (Å²) >= 11 is 0. The lowest BCUT2D eigenvalue weighted by Gasteiger charge is -2.41. The predicted octanol–water partition coefficient (Wildman–Crippen LogP) is 3.01. The molecule has 0 saturated carbocycles. The minimum atomic E-state index is 0.00463. The fraction of sp³-hybridized carbons (Fsp3) is 0.500. The molecular formula is C32H41N5O4. The summed E-state index contributed by atoms with van der Waals surface area (Å²) in [6, 6.07) is 13.9. The van der Waals surface area contributed by atoms with Crippen LogP contribution in [0.4, 0.5) is 0 Å². The number of pyridine rings is 1. The fourth-order valence-electron chi connectivity index (χ4n) is 6.23. The van der Waals surface area contributed by atoms with E-state index >= 15 is 0 Å². The molecule has 218 valence electrons. The van der Waals surface area contributed by atoms with Gasteiger partial charge in [0, 0.05) is 63.9 Å². The van der Waals surface area contributed by atoms with E-state index in [1.165, 1.54) is 0 Å². The maximum Gasteiger partial charge on any atom is 0.236 e. The van der Waals surface area contributed by atoms with Gasteiger partial charge in [-0.2, -0.15) is 0 Å². The van der Waals surface area contributed by atoms with Gasteiger partial charge in [0.15, 0.2) is 0 Å². The van der Waals surface area contributed by atoms with E-state index in [0.29, 0.717) is 58.8 Å². The second kappa shape index (κ2) is 13.8. The minimum Gasteiger partial charge on any atom is -0.489 e.